The van der Waals surface area contributed by atoms with Crippen LogP contribution < -0.4 is 9.62 Å². The van der Waals surface area contributed by atoms with Crippen LogP contribution in [-0.2, 0) is 26.2 Å². The Bertz CT molecular complexity index is 1100. The quantitative estimate of drug-likeness (QED) is 0.601. The van der Waals surface area contributed by atoms with Crippen LogP contribution >= 0.6 is 0 Å². The molecule has 9 heteroatoms. The number of amides is 2. The summed E-state index contributed by atoms with van der Waals surface area (Å²) in [6, 6.07) is 10.2. The van der Waals surface area contributed by atoms with E-state index in [0.29, 0.717) is 16.8 Å². The Morgan fingerprint density at radius 1 is 1.00 bits per heavy atom. The van der Waals surface area contributed by atoms with Crippen molar-refractivity contribution in [3.63, 3.8) is 0 Å². The van der Waals surface area contributed by atoms with Crippen LogP contribution in [0.15, 0.2) is 42.5 Å². The zero-order valence-electron chi connectivity index (χ0n) is 19.9. The van der Waals surface area contributed by atoms with Gasteiger partial charge in [-0.2, -0.15) is 0 Å². The summed E-state index contributed by atoms with van der Waals surface area (Å²) in [5.74, 6) is -1.54. The highest BCUT2D eigenvalue weighted by atomic mass is 32.2. The van der Waals surface area contributed by atoms with E-state index in [0.717, 1.165) is 10.6 Å². The molecule has 180 valence electrons. The minimum atomic E-state index is -3.83. The van der Waals surface area contributed by atoms with Crippen LogP contribution in [0, 0.1) is 19.7 Å². The van der Waals surface area contributed by atoms with Crippen LogP contribution in [0.1, 0.15) is 37.5 Å². The number of sulfonamides is 1. The van der Waals surface area contributed by atoms with Gasteiger partial charge in [-0.1, -0.05) is 36.4 Å². The molecule has 2 aromatic rings. The molecule has 2 aromatic carbocycles. The fraction of sp³-hybridized carbons (Fsp3) is 0.417. The maximum absolute atomic E-state index is 14.4. The molecule has 0 saturated heterocycles. The van der Waals surface area contributed by atoms with Crippen molar-refractivity contribution in [2.45, 2.75) is 53.2 Å². The normalized spacial score (nSPS) is 12.4. The Morgan fingerprint density at radius 2 is 1.58 bits per heavy atom. The van der Waals surface area contributed by atoms with Crippen LogP contribution in [0.5, 0.6) is 0 Å². The minimum absolute atomic E-state index is 0.160. The Balaban J connectivity index is 2.47. The largest absolute Gasteiger partial charge is 0.352 e. The number of halogens is 1. The molecule has 0 aliphatic carbocycles. The third-order valence-corrected chi connectivity index (χ3v) is 6.38. The number of aryl methyl sites for hydroxylation is 2. The van der Waals surface area contributed by atoms with Crippen LogP contribution in [0.2, 0.25) is 0 Å². The smallest absolute Gasteiger partial charge is 0.244 e. The fourth-order valence-corrected chi connectivity index (χ4v) is 4.54. The van der Waals surface area contributed by atoms with Crippen molar-refractivity contribution in [3.05, 3.63) is 65.0 Å². The third kappa shape index (κ3) is 6.77. The second-order valence-corrected chi connectivity index (χ2v) is 10.4. The molecule has 0 radical (unpaired) electrons. The van der Waals surface area contributed by atoms with Gasteiger partial charge >= 0.3 is 0 Å². The first kappa shape index (κ1) is 26.3. The van der Waals surface area contributed by atoms with Crippen LogP contribution in [0.3, 0.4) is 0 Å². The number of carbonyl (C=O) groups excluding carboxylic acids is 2. The summed E-state index contributed by atoms with van der Waals surface area (Å²) >= 11 is 0. The predicted molar refractivity (Wildman–Crippen MR) is 128 cm³/mol. The number of carbonyl (C=O) groups is 2. The summed E-state index contributed by atoms with van der Waals surface area (Å²) in [5, 5.41) is 2.75. The first-order valence-electron chi connectivity index (χ1n) is 10.7. The molecule has 1 N–H and O–H groups in total. The maximum Gasteiger partial charge on any atom is 0.244 e. The number of hydrogen-bond donors (Lipinski definition) is 1. The second-order valence-electron chi connectivity index (χ2n) is 8.46. The van der Waals surface area contributed by atoms with Crippen molar-refractivity contribution in [2.24, 2.45) is 0 Å². The highest BCUT2D eigenvalue weighted by molar-refractivity contribution is 7.92. The fourth-order valence-electron chi connectivity index (χ4n) is 3.57. The molecular weight excluding hydrogens is 445 g/mol. The molecule has 0 aromatic heterocycles. The minimum Gasteiger partial charge on any atom is -0.352 e. The van der Waals surface area contributed by atoms with Gasteiger partial charge in [0.15, 0.2) is 0 Å². The lowest BCUT2D eigenvalue weighted by atomic mass is 10.1. The van der Waals surface area contributed by atoms with Gasteiger partial charge in [-0.15, -0.1) is 0 Å². The molecule has 2 amide bonds. The Labute approximate surface area is 195 Å². The average molecular weight is 478 g/mol. The van der Waals surface area contributed by atoms with Crippen LogP contribution in [0.4, 0.5) is 10.1 Å². The van der Waals surface area contributed by atoms with Crippen LogP contribution in [-0.4, -0.2) is 50.0 Å². The first-order valence-corrected chi connectivity index (χ1v) is 12.5. The van der Waals surface area contributed by atoms with Crippen LogP contribution in [0.25, 0.3) is 0 Å². The number of para-hydroxylation sites is 1. The van der Waals surface area contributed by atoms with E-state index in [1.807, 2.05) is 0 Å². The molecule has 2 rings (SSSR count). The molecular formula is C24H32FN3O4S. The van der Waals surface area contributed by atoms with E-state index >= 15 is 0 Å². The summed E-state index contributed by atoms with van der Waals surface area (Å²) in [6.07, 6.45) is 1.03. The van der Waals surface area contributed by atoms with Gasteiger partial charge in [0.05, 0.1) is 11.9 Å². The molecule has 1 atom stereocenters. The highest BCUT2D eigenvalue weighted by Crippen LogP contribution is 2.27. The summed E-state index contributed by atoms with van der Waals surface area (Å²) < 4.78 is 40.8. The van der Waals surface area contributed by atoms with E-state index in [4.69, 9.17) is 0 Å². The lowest BCUT2D eigenvalue weighted by Gasteiger charge is -2.32. The van der Waals surface area contributed by atoms with E-state index < -0.39 is 40.2 Å². The van der Waals surface area contributed by atoms with Gasteiger partial charge in [0.25, 0.3) is 0 Å². The first-order chi connectivity index (χ1) is 15.3. The molecule has 0 saturated carbocycles. The molecule has 7 nitrogen and oxygen atoms in total. The number of rotatable bonds is 9. The van der Waals surface area contributed by atoms with Crippen molar-refractivity contribution in [2.75, 3.05) is 17.1 Å². The molecule has 0 aliphatic heterocycles. The van der Waals surface area contributed by atoms with Gasteiger partial charge in [-0.3, -0.25) is 13.9 Å². The van der Waals surface area contributed by atoms with Gasteiger partial charge in [-0.25, -0.2) is 12.8 Å². The van der Waals surface area contributed by atoms with Crippen molar-refractivity contribution >= 4 is 27.5 Å². The zero-order chi connectivity index (χ0) is 24.9. The average Bonchev–Trinajstić information content (AvgIpc) is 2.70. The molecule has 0 unspecified atom stereocenters. The van der Waals surface area contributed by atoms with E-state index in [9.17, 15) is 22.4 Å². The van der Waals surface area contributed by atoms with Crippen molar-refractivity contribution < 1.29 is 22.4 Å². The number of nitrogens with zero attached hydrogens (tertiary/aromatic N) is 2. The molecule has 0 heterocycles. The topological polar surface area (TPSA) is 86.8 Å². The van der Waals surface area contributed by atoms with Crippen molar-refractivity contribution in [1.29, 1.82) is 0 Å². The van der Waals surface area contributed by atoms with E-state index in [-0.39, 0.29) is 18.2 Å². The van der Waals surface area contributed by atoms with Gasteiger partial charge in [-0.05, 0) is 51.8 Å². The summed E-state index contributed by atoms with van der Waals surface area (Å²) in [6.45, 7) is 7.96. The number of anilines is 1. The number of hydrogen-bond acceptors (Lipinski definition) is 4. The standard InChI is InChI=1S/C24H32FN3O4S/c1-16(2)26-24(30)19(5)27(14-20-12-7-8-13-21(20)25)22(29)15-28(33(6,31)32)23-17(3)10-9-11-18(23)4/h7-13,16,19H,14-15H2,1-6H3,(H,26,30)/t19-/m0/s1. The highest BCUT2D eigenvalue weighted by Gasteiger charge is 2.31. The maximum atomic E-state index is 14.4. The Hall–Kier alpha value is -2.94. The number of benzene rings is 2. The molecule has 0 bridgehead atoms. The van der Waals surface area contributed by atoms with Gasteiger partial charge in [0.1, 0.15) is 18.4 Å². The molecule has 0 aliphatic rings. The lowest BCUT2D eigenvalue weighted by Crippen LogP contribution is -2.52. The van der Waals surface area contributed by atoms with Crippen molar-refractivity contribution in [3.8, 4) is 0 Å². The van der Waals surface area contributed by atoms with Gasteiger partial charge < -0.3 is 10.2 Å². The Kier molecular flexibility index (Phi) is 8.60. The van der Waals surface area contributed by atoms with Gasteiger partial charge in [0, 0.05) is 18.2 Å². The molecule has 33 heavy (non-hydrogen) atoms. The Morgan fingerprint density at radius 3 is 2.09 bits per heavy atom. The zero-order valence-corrected chi connectivity index (χ0v) is 20.7. The van der Waals surface area contributed by atoms with E-state index in [2.05, 4.69) is 5.32 Å². The summed E-state index contributed by atoms with van der Waals surface area (Å²) in [5.41, 5.74) is 2.03. The summed E-state index contributed by atoms with van der Waals surface area (Å²) in [7, 11) is -3.83. The second kappa shape index (κ2) is 10.8. The lowest BCUT2D eigenvalue weighted by molar-refractivity contribution is -0.139. The third-order valence-electron chi connectivity index (χ3n) is 5.26. The molecule has 0 fully saturated rings. The van der Waals surface area contributed by atoms with Crippen molar-refractivity contribution in [1.82, 2.24) is 10.2 Å². The van der Waals surface area contributed by atoms with E-state index in [1.165, 1.54) is 23.1 Å². The summed E-state index contributed by atoms with van der Waals surface area (Å²) in [4.78, 5) is 27.4. The SMILES string of the molecule is Cc1cccc(C)c1N(CC(=O)N(Cc1ccccc1F)[C@@H](C)C(=O)NC(C)C)S(C)(=O)=O. The number of nitrogens with one attached hydrogen (secondary N) is 1. The van der Waals surface area contributed by atoms with Gasteiger partial charge in [0.2, 0.25) is 21.8 Å². The predicted octanol–water partition coefficient (Wildman–Crippen LogP) is 3.15. The van der Waals surface area contributed by atoms with E-state index in [1.54, 1.807) is 58.9 Å². The molecule has 0 spiro atoms. The monoisotopic (exact) mass is 477 g/mol.